The lowest BCUT2D eigenvalue weighted by molar-refractivity contribution is -0.159. The molecule has 6 heteroatoms. The van der Waals surface area contributed by atoms with Crippen LogP contribution in [0.3, 0.4) is 0 Å². The Kier molecular flexibility index (Phi) is 8.85. The van der Waals surface area contributed by atoms with E-state index in [-0.39, 0.29) is 0 Å². The second-order valence-electron chi connectivity index (χ2n) is 8.24. The zero-order valence-electron chi connectivity index (χ0n) is 16.2. The highest BCUT2D eigenvalue weighted by Gasteiger charge is 2.29. The minimum absolute atomic E-state index is 0.907. The number of aliphatic carboxylic acids is 2. The number of likely N-dealkylation sites (tertiary alicyclic amines) is 2. The van der Waals surface area contributed by atoms with E-state index >= 15 is 0 Å². The van der Waals surface area contributed by atoms with Gasteiger partial charge >= 0.3 is 11.9 Å². The van der Waals surface area contributed by atoms with Crippen LogP contribution in [-0.2, 0) is 9.59 Å². The fraction of sp³-hybridized carbons (Fsp3) is 0.900. The molecule has 0 atom stereocenters. The van der Waals surface area contributed by atoms with Gasteiger partial charge in [0.2, 0.25) is 0 Å². The summed E-state index contributed by atoms with van der Waals surface area (Å²) < 4.78 is 0. The van der Waals surface area contributed by atoms with Gasteiger partial charge in [0.05, 0.1) is 0 Å². The number of nitrogens with zero attached hydrogens (tertiary/aromatic N) is 2. The number of piperidine rings is 2. The van der Waals surface area contributed by atoms with E-state index in [4.69, 9.17) is 19.8 Å². The van der Waals surface area contributed by atoms with Gasteiger partial charge in [-0.2, -0.15) is 0 Å². The van der Waals surface area contributed by atoms with E-state index in [1.54, 1.807) is 0 Å². The molecule has 1 aliphatic carbocycles. The molecule has 6 nitrogen and oxygen atoms in total. The number of carboxylic acids is 2. The van der Waals surface area contributed by atoms with E-state index in [0.29, 0.717) is 0 Å². The van der Waals surface area contributed by atoms with Gasteiger partial charge in [0.15, 0.2) is 0 Å². The van der Waals surface area contributed by atoms with E-state index in [0.717, 1.165) is 18.0 Å². The average molecular weight is 369 g/mol. The normalized spacial score (nSPS) is 25.1. The van der Waals surface area contributed by atoms with Crippen LogP contribution in [0.4, 0.5) is 0 Å². The third-order valence-electron chi connectivity index (χ3n) is 6.36. The van der Waals surface area contributed by atoms with E-state index in [9.17, 15) is 0 Å². The molecule has 1 saturated carbocycles. The van der Waals surface area contributed by atoms with Crippen molar-refractivity contribution in [3.05, 3.63) is 0 Å². The van der Waals surface area contributed by atoms with Gasteiger partial charge in [-0.3, -0.25) is 0 Å². The smallest absolute Gasteiger partial charge is 0.414 e. The topological polar surface area (TPSA) is 81.1 Å². The zero-order valence-corrected chi connectivity index (χ0v) is 16.2. The monoisotopic (exact) mass is 368 g/mol. The van der Waals surface area contributed by atoms with Crippen molar-refractivity contribution in [2.75, 3.05) is 26.2 Å². The maximum absolute atomic E-state index is 9.10. The van der Waals surface area contributed by atoms with Crippen LogP contribution in [0.5, 0.6) is 0 Å². The summed E-state index contributed by atoms with van der Waals surface area (Å²) in [6, 6.07) is 1.84. The molecule has 0 aromatic heterocycles. The molecular formula is C20H36N2O4. The second kappa shape index (κ2) is 10.9. The predicted molar refractivity (Wildman–Crippen MR) is 101 cm³/mol. The number of carboxylic acid groups (broad SMARTS) is 2. The Hall–Kier alpha value is -1.14. The van der Waals surface area contributed by atoms with Crippen LogP contribution < -0.4 is 0 Å². The number of hydrogen-bond acceptors (Lipinski definition) is 4. The molecule has 2 heterocycles. The molecule has 2 aliphatic heterocycles. The van der Waals surface area contributed by atoms with Gasteiger partial charge in [0.1, 0.15) is 0 Å². The maximum Gasteiger partial charge on any atom is 0.414 e. The first-order valence-corrected chi connectivity index (χ1v) is 10.4. The Morgan fingerprint density at radius 3 is 1.46 bits per heavy atom. The van der Waals surface area contributed by atoms with E-state index < -0.39 is 11.9 Å². The Balaban J connectivity index is 0.000000352. The van der Waals surface area contributed by atoms with Crippen LogP contribution in [0.15, 0.2) is 0 Å². The molecule has 150 valence electrons. The van der Waals surface area contributed by atoms with Crippen molar-refractivity contribution in [2.45, 2.75) is 83.2 Å². The van der Waals surface area contributed by atoms with Crippen molar-refractivity contribution >= 4 is 11.9 Å². The van der Waals surface area contributed by atoms with Crippen molar-refractivity contribution in [1.82, 2.24) is 9.80 Å². The zero-order chi connectivity index (χ0) is 18.9. The highest BCUT2D eigenvalue weighted by atomic mass is 16.4. The Bertz CT molecular complexity index is 421. The molecule has 2 saturated heterocycles. The largest absolute Gasteiger partial charge is 0.473 e. The van der Waals surface area contributed by atoms with Crippen LogP contribution in [0.1, 0.15) is 71.1 Å². The summed E-state index contributed by atoms with van der Waals surface area (Å²) >= 11 is 0. The molecule has 3 rings (SSSR count). The Labute approximate surface area is 157 Å². The summed E-state index contributed by atoms with van der Waals surface area (Å²) in [5.41, 5.74) is 0. The lowest BCUT2D eigenvalue weighted by Gasteiger charge is -2.43. The maximum atomic E-state index is 9.10. The van der Waals surface area contributed by atoms with Gasteiger partial charge in [0, 0.05) is 12.1 Å². The van der Waals surface area contributed by atoms with Crippen molar-refractivity contribution in [3.63, 3.8) is 0 Å². The molecule has 0 unspecified atom stereocenters. The van der Waals surface area contributed by atoms with Crippen LogP contribution in [-0.4, -0.2) is 70.2 Å². The molecule has 0 spiro atoms. The van der Waals surface area contributed by atoms with Gasteiger partial charge in [-0.05, 0) is 70.6 Å². The fourth-order valence-corrected chi connectivity index (χ4v) is 4.63. The third kappa shape index (κ3) is 6.88. The highest BCUT2D eigenvalue weighted by molar-refractivity contribution is 6.27. The lowest BCUT2D eigenvalue weighted by Crippen LogP contribution is -2.49. The molecule has 3 aliphatic rings. The van der Waals surface area contributed by atoms with Gasteiger partial charge < -0.3 is 20.0 Å². The van der Waals surface area contributed by atoms with Gasteiger partial charge in [0.25, 0.3) is 0 Å². The summed E-state index contributed by atoms with van der Waals surface area (Å²) in [7, 11) is 0. The van der Waals surface area contributed by atoms with Crippen molar-refractivity contribution in [1.29, 1.82) is 0 Å². The summed E-state index contributed by atoms with van der Waals surface area (Å²) in [6.07, 6.45) is 14.6. The molecule has 0 amide bonds. The summed E-state index contributed by atoms with van der Waals surface area (Å²) in [5.74, 6) is -2.68. The first-order chi connectivity index (χ1) is 12.5. The summed E-state index contributed by atoms with van der Waals surface area (Å²) in [4.78, 5) is 23.9. The van der Waals surface area contributed by atoms with E-state index in [2.05, 4.69) is 16.7 Å². The Morgan fingerprint density at radius 1 is 0.654 bits per heavy atom. The highest BCUT2D eigenvalue weighted by Crippen LogP contribution is 2.28. The molecule has 0 aromatic rings. The first kappa shape index (κ1) is 21.2. The quantitative estimate of drug-likeness (QED) is 0.576. The van der Waals surface area contributed by atoms with Crippen LogP contribution >= 0.6 is 0 Å². The van der Waals surface area contributed by atoms with Gasteiger partial charge in [-0.15, -0.1) is 0 Å². The summed E-state index contributed by atoms with van der Waals surface area (Å²) in [5, 5.41) is 14.8. The van der Waals surface area contributed by atoms with Crippen LogP contribution in [0.25, 0.3) is 0 Å². The fourth-order valence-electron chi connectivity index (χ4n) is 4.63. The van der Waals surface area contributed by atoms with E-state index in [1.165, 1.54) is 90.4 Å². The molecule has 0 aromatic carbocycles. The molecule has 3 fully saturated rings. The van der Waals surface area contributed by atoms with Gasteiger partial charge in [-0.1, -0.05) is 32.6 Å². The SMILES string of the molecule is CC1CCN(C2CCN(C3CCCCCC3)CC2)CC1.O=C(O)C(=O)O. The second-order valence-corrected chi connectivity index (χ2v) is 8.24. The third-order valence-corrected chi connectivity index (χ3v) is 6.36. The van der Waals surface area contributed by atoms with Crippen molar-refractivity contribution in [2.24, 2.45) is 5.92 Å². The van der Waals surface area contributed by atoms with Crippen LogP contribution in [0.2, 0.25) is 0 Å². The predicted octanol–water partition coefficient (Wildman–Crippen LogP) is 3.06. The van der Waals surface area contributed by atoms with Crippen LogP contribution in [0, 0.1) is 5.92 Å². The average Bonchev–Trinajstić information content (AvgIpc) is 2.92. The van der Waals surface area contributed by atoms with Crippen molar-refractivity contribution < 1.29 is 19.8 Å². The molecule has 0 radical (unpaired) electrons. The standard InChI is InChI=1S/C18H34N2.C2H2O4/c1-16-8-12-19(13-9-16)18-10-14-20(15-11-18)17-6-4-2-3-5-7-17;3-1(4)2(5)6/h16-18H,2-15H2,1H3;(H,3,4)(H,5,6). The number of rotatable bonds is 2. The molecule has 0 bridgehead atoms. The number of hydrogen-bond donors (Lipinski definition) is 2. The van der Waals surface area contributed by atoms with Crippen molar-refractivity contribution in [3.8, 4) is 0 Å². The molecule has 2 N–H and O–H groups in total. The lowest BCUT2D eigenvalue weighted by atomic mass is 9.94. The first-order valence-electron chi connectivity index (χ1n) is 10.4. The molecule has 26 heavy (non-hydrogen) atoms. The van der Waals surface area contributed by atoms with Gasteiger partial charge in [-0.25, -0.2) is 9.59 Å². The van der Waals surface area contributed by atoms with E-state index in [1.807, 2.05) is 0 Å². The number of carbonyl (C=O) groups is 2. The summed E-state index contributed by atoms with van der Waals surface area (Å²) in [6.45, 7) is 7.92. The Morgan fingerprint density at radius 2 is 1.04 bits per heavy atom. The minimum atomic E-state index is -1.82. The molecular weight excluding hydrogens is 332 g/mol. The minimum Gasteiger partial charge on any atom is -0.473 e.